The number of anilines is 2. The number of likely N-dealkylation sites (N-methyl/N-ethyl adjacent to an activating group) is 1. The lowest BCUT2D eigenvalue weighted by Gasteiger charge is -2.42. The Labute approximate surface area is 264 Å². The predicted molar refractivity (Wildman–Crippen MR) is 172 cm³/mol. The largest absolute Gasteiger partial charge is 0.462 e. The molecule has 0 aliphatic carbocycles. The van der Waals surface area contributed by atoms with Crippen LogP contribution in [0.5, 0.6) is 6.01 Å². The fourth-order valence-electron chi connectivity index (χ4n) is 6.90. The number of halogens is 1. The number of piperazine rings is 1. The number of aliphatic hydroxyl groups is 1. The summed E-state index contributed by atoms with van der Waals surface area (Å²) in [6, 6.07) is 15.2. The molecule has 6 rings (SSSR count). The van der Waals surface area contributed by atoms with Crippen molar-refractivity contribution in [1.29, 1.82) is 5.26 Å². The molecule has 3 aromatic rings. The van der Waals surface area contributed by atoms with Crippen LogP contribution in [0.3, 0.4) is 0 Å². The van der Waals surface area contributed by atoms with E-state index < -0.39 is 5.83 Å². The van der Waals surface area contributed by atoms with Crippen LogP contribution >= 0.6 is 0 Å². The third-order valence-electron chi connectivity index (χ3n) is 9.33. The molecule has 1 N–H and O–H groups in total. The van der Waals surface area contributed by atoms with E-state index in [0.29, 0.717) is 51.3 Å². The zero-order chi connectivity index (χ0) is 31.3. The molecule has 4 heterocycles. The monoisotopic (exact) mass is 615 g/mol. The third kappa shape index (κ3) is 6.89. The van der Waals surface area contributed by atoms with Gasteiger partial charge in [-0.15, -0.1) is 0 Å². The fraction of sp³-hybridized carbons (Fsp3) is 0.500. The van der Waals surface area contributed by atoms with Crippen LogP contribution in [0.25, 0.3) is 10.8 Å². The number of aliphatic hydroxyl groups excluding tert-OH is 1. The van der Waals surface area contributed by atoms with E-state index in [9.17, 15) is 14.8 Å². The minimum absolute atomic E-state index is 0.0257. The van der Waals surface area contributed by atoms with Crippen LogP contribution in [0.1, 0.15) is 36.1 Å². The zero-order valence-corrected chi connectivity index (χ0v) is 26.0. The summed E-state index contributed by atoms with van der Waals surface area (Å²) in [6.07, 6.45) is 3.32. The summed E-state index contributed by atoms with van der Waals surface area (Å²) < 4.78 is 25.0. The molecule has 2 atom stereocenters. The third-order valence-corrected chi connectivity index (χ3v) is 9.33. The Morgan fingerprint density at radius 2 is 1.96 bits per heavy atom. The summed E-state index contributed by atoms with van der Waals surface area (Å²) in [5.41, 5.74) is 4.02. The molecular weight excluding hydrogens is 573 g/mol. The number of benzene rings is 2. The lowest BCUT2D eigenvalue weighted by atomic mass is 9.99. The van der Waals surface area contributed by atoms with Crippen molar-refractivity contribution in [2.45, 2.75) is 50.9 Å². The number of hydrogen-bond acceptors (Lipinski definition) is 10. The Morgan fingerprint density at radius 1 is 1.11 bits per heavy atom. The molecule has 0 bridgehead atoms. The maximum Gasteiger partial charge on any atom is 0.318 e. The Kier molecular flexibility index (Phi) is 9.76. The van der Waals surface area contributed by atoms with Gasteiger partial charge in [0.15, 0.2) is 0 Å². The molecule has 11 heteroatoms. The van der Waals surface area contributed by atoms with Crippen molar-refractivity contribution in [2.75, 3.05) is 69.5 Å². The quantitative estimate of drug-likeness (QED) is 0.341. The Bertz CT molecular complexity index is 1560. The molecule has 2 fully saturated rings. The minimum Gasteiger partial charge on any atom is -0.462 e. The SMILES string of the molecule is C=C(F)COCN1CCN(c2nc(OC[C@@H]3CCCN3C)nc3c2CCN(c2cccc4cccc(CO)c24)C3)C[C@@H]1CC#N. The molecule has 10 nitrogen and oxygen atoms in total. The Balaban J connectivity index is 1.30. The first-order valence-electron chi connectivity index (χ1n) is 15.8. The van der Waals surface area contributed by atoms with E-state index in [1.807, 2.05) is 12.1 Å². The van der Waals surface area contributed by atoms with Crippen molar-refractivity contribution in [3.63, 3.8) is 0 Å². The highest BCUT2D eigenvalue weighted by molar-refractivity contribution is 5.97. The fourth-order valence-corrected chi connectivity index (χ4v) is 6.90. The maximum atomic E-state index is 13.2. The van der Waals surface area contributed by atoms with Crippen LogP contribution in [0.2, 0.25) is 0 Å². The number of hydrogen-bond donors (Lipinski definition) is 1. The van der Waals surface area contributed by atoms with Gasteiger partial charge in [-0.2, -0.15) is 15.2 Å². The van der Waals surface area contributed by atoms with Gasteiger partial charge in [0.2, 0.25) is 0 Å². The molecule has 3 aliphatic rings. The van der Waals surface area contributed by atoms with Crippen molar-refractivity contribution in [3.8, 4) is 12.1 Å². The molecule has 1 aromatic heterocycles. The first kappa shape index (κ1) is 31.2. The summed E-state index contributed by atoms with van der Waals surface area (Å²) in [5, 5.41) is 21.9. The number of aromatic nitrogens is 2. The lowest BCUT2D eigenvalue weighted by Crippen LogP contribution is -2.54. The van der Waals surface area contributed by atoms with Crippen LogP contribution in [0.15, 0.2) is 48.8 Å². The maximum absolute atomic E-state index is 13.2. The van der Waals surface area contributed by atoms with Gasteiger partial charge >= 0.3 is 6.01 Å². The minimum atomic E-state index is -0.514. The van der Waals surface area contributed by atoms with E-state index >= 15 is 0 Å². The van der Waals surface area contributed by atoms with Gasteiger partial charge in [-0.25, -0.2) is 4.39 Å². The highest BCUT2D eigenvalue weighted by Crippen LogP contribution is 2.36. The van der Waals surface area contributed by atoms with Crippen molar-refractivity contribution in [1.82, 2.24) is 19.8 Å². The number of ether oxygens (including phenoxy) is 2. The normalized spacial score (nSPS) is 20.8. The van der Waals surface area contributed by atoms with E-state index in [2.05, 4.69) is 63.6 Å². The van der Waals surface area contributed by atoms with E-state index in [4.69, 9.17) is 19.4 Å². The number of nitriles is 1. The second-order valence-electron chi connectivity index (χ2n) is 12.2. The van der Waals surface area contributed by atoms with Crippen LogP contribution in [-0.2, 0) is 24.3 Å². The van der Waals surface area contributed by atoms with Crippen LogP contribution in [0, 0.1) is 11.3 Å². The number of fused-ring (bicyclic) bond motifs is 2. The summed E-state index contributed by atoms with van der Waals surface area (Å²) in [6.45, 7) is 8.22. The van der Waals surface area contributed by atoms with Gasteiger partial charge in [0.1, 0.15) is 18.3 Å². The number of rotatable bonds is 11. The van der Waals surface area contributed by atoms with Crippen LogP contribution in [0.4, 0.5) is 15.9 Å². The van der Waals surface area contributed by atoms with Gasteiger partial charge < -0.3 is 29.3 Å². The molecule has 2 saturated heterocycles. The second kappa shape index (κ2) is 14.1. The Hall–Kier alpha value is -3.82. The topological polar surface area (TPSA) is 101 Å². The average Bonchev–Trinajstić information content (AvgIpc) is 3.47. The van der Waals surface area contributed by atoms with Gasteiger partial charge in [-0.1, -0.05) is 36.9 Å². The molecule has 2 aromatic carbocycles. The Morgan fingerprint density at radius 3 is 2.71 bits per heavy atom. The van der Waals surface area contributed by atoms with E-state index in [1.165, 1.54) is 0 Å². The molecule has 3 aliphatic heterocycles. The van der Waals surface area contributed by atoms with Crippen LogP contribution in [-0.4, -0.2) is 96.7 Å². The van der Waals surface area contributed by atoms with E-state index in [-0.39, 0.29) is 26.0 Å². The second-order valence-corrected chi connectivity index (χ2v) is 12.2. The van der Waals surface area contributed by atoms with Gasteiger partial charge in [0, 0.05) is 54.9 Å². The zero-order valence-electron chi connectivity index (χ0n) is 26.0. The highest BCUT2D eigenvalue weighted by atomic mass is 19.1. The summed E-state index contributed by atoms with van der Waals surface area (Å²) in [5.74, 6) is 0.351. The average molecular weight is 616 g/mol. The smallest absolute Gasteiger partial charge is 0.318 e. The molecule has 0 saturated carbocycles. The number of likely N-dealkylation sites (tertiary alicyclic amines) is 1. The lowest BCUT2D eigenvalue weighted by molar-refractivity contribution is 0.00583. The van der Waals surface area contributed by atoms with Crippen molar-refractivity contribution in [3.05, 3.63) is 65.6 Å². The molecule has 0 unspecified atom stereocenters. The van der Waals surface area contributed by atoms with Gasteiger partial charge in [-0.05, 0) is 49.9 Å². The molecular formula is C34H42FN7O3. The molecule has 45 heavy (non-hydrogen) atoms. The predicted octanol–water partition coefficient (Wildman–Crippen LogP) is 4.02. The van der Waals surface area contributed by atoms with E-state index in [0.717, 1.165) is 71.5 Å². The number of nitrogens with zero attached hydrogens (tertiary/aromatic N) is 7. The summed E-state index contributed by atoms with van der Waals surface area (Å²) >= 11 is 0. The molecule has 0 radical (unpaired) electrons. The van der Waals surface area contributed by atoms with Gasteiger partial charge in [0.05, 0.1) is 44.7 Å². The first-order valence-corrected chi connectivity index (χ1v) is 15.8. The summed E-state index contributed by atoms with van der Waals surface area (Å²) in [4.78, 5) is 19.0. The standard InChI is InChI=1S/C34H42FN7O3/c1-24(35)21-44-23-42-17-16-41(18-27(42)11-13-36)33-29-12-15-40(31-10-4-7-25-6-3-8-26(20-43)32(25)31)19-30(29)37-34(38-33)45-22-28-9-5-14-39(28)2/h3-4,6-8,10,27-28,43H,1,5,9,11-12,14-23H2,2H3/t27-,28-/m0/s1. The van der Waals surface area contributed by atoms with Crippen molar-refractivity contribution >= 4 is 22.3 Å². The first-order chi connectivity index (χ1) is 21.9. The van der Waals surface area contributed by atoms with Gasteiger partial charge in [0.25, 0.3) is 0 Å². The summed E-state index contributed by atoms with van der Waals surface area (Å²) in [7, 11) is 2.13. The van der Waals surface area contributed by atoms with Crippen LogP contribution < -0.4 is 14.5 Å². The van der Waals surface area contributed by atoms with Gasteiger partial charge in [-0.3, -0.25) is 4.90 Å². The molecule has 0 amide bonds. The van der Waals surface area contributed by atoms with Crippen molar-refractivity contribution < 1.29 is 19.0 Å². The molecule has 0 spiro atoms. The molecule has 238 valence electrons. The van der Waals surface area contributed by atoms with E-state index in [1.54, 1.807) is 0 Å². The highest BCUT2D eigenvalue weighted by Gasteiger charge is 2.32. The van der Waals surface area contributed by atoms with Crippen molar-refractivity contribution in [2.24, 2.45) is 0 Å².